The molecule has 0 saturated carbocycles. The Morgan fingerprint density at radius 2 is 1.67 bits per heavy atom. The minimum atomic E-state index is -0.492. The van der Waals surface area contributed by atoms with E-state index in [0.717, 1.165) is 38.7 Å². The highest BCUT2D eigenvalue weighted by Crippen LogP contribution is 2.45. The molecule has 0 bridgehead atoms. The van der Waals surface area contributed by atoms with E-state index >= 15 is 0 Å². The number of hydrogen-bond donors (Lipinski definition) is 0. The van der Waals surface area contributed by atoms with Crippen molar-refractivity contribution >= 4 is 27.7 Å². The Labute approximate surface area is 243 Å². The SMILES string of the molecule is C/C=C\C(=C/C)CCOC(=O)C(=C(C)C)C(C1=C(C)CC(c2ccccc2)CC1=O)c1ccccc1Br.CC. The van der Waals surface area contributed by atoms with E-state index in [2.05, 4.69) is 28.1 Å². The number of carbonyl (C=O) groups excluding carboxylic acids is 2. The Bertz CT molecular complexity index is 1240. The molecule has 0 spiro atoms. The molecule has 0 N–H and O–H groups in total. The third-order valence-electron chi connectivity index (χ3n) is 6.94. The van der Waals surface area contributed by atoms with E-state index in [1.165, 1.54) is 5.56 Å². The van der Waals surface area contributed by atoms with Gasteiger partial charge in [0.2, 0.25) is 0 Å². The summed E-state index contributed by atoms with van der Waals surface area (Å²) in [6.45, 7) is 14.1. The van der Waals surface area contributed by atoms with Gasteiger partial charge in [0.05, 0.1) is 6.61 Å². The van der Waals surface area contributed by atoms with Gasteiger partial charge in [0.1, 0.15) is 0 Å². The van der Waals surface area contributed by atoms with Crippen LogP contribution < -0.4 is 0 Å². The van der Waals surface area contributed by atoms with Crippen LogP contribution in [0.3, 0.4) is 0 Å². The Morgan fingerprint density at radius 3 is 2.23 bits per heavy atom. The number of halogens is 1. The standard InChI is InChI=1S/C33H37BrO3.C2H6/c1-6-13-24(7-2)18-19-37-33(36)30(22(3)4)32(27-16-11-12-17-28(27)34)31-23(5)20-26(21-29(31)35)25-14-9-8-10-15-25;1-2/h6-17,26,32H,18-21H2,1-5H3;1-2H3/b13-6-,24-7+;. The van der Waals surface area contributed by atoms with Crippen LogP contribution in [0.1, 0.15) is 90.7 Å². The molecule has 2 aromatic carbocycles. The van der Waals surface area contributed by atoms with Gasteiger partial charge in [-0.2, -0.15) is 0 Å². The van der Waals surface area contributed by atoms with Crippen molar-refractivity contribution in [1.82, 2.24) is 0 Å². The minimum absolute atomic E-state index is 0.0918. The van der Waals surface area contributed by atoms with Gasteiger partial charge in [-0.15, -0.1) is 0 Å². The number of hydrogen-bond acceptors (Lipinski definition) is 3. The highest BCUT2D eigenvalue weighted by Gasteiger charge is 2.37. The number of benzene rings is 2. The number of allylic oxidation sites excluding steroid dienone is 6. The third kappa shape index (κ3) is 8.50. The van der Waals surface area contributed by atoms with Gasteiger partial charge in [-0.05, 0) is 69.7 Å². The maximum Gasteiger partial charge on any atom is 0.334 e. The Kier molecular flexibility index (Phi) is 13.4. The van der Waals surface area contributed by atoms with Gasteiger partial charge in [-0.1, -0.05) is 108 Å². The molecule has 0 aromatic heterocycles. The van der Waals surface area contributed by atoms with Gasteiger partial charge < -0.3 is 4.74 Å². The summed E-state index contributed by atoms with van der Waals surface area (Å²) in [5.74, 6) is -0.622. The fourth-order valence-electron chi connectivity index (χ4n) is 5.14. The fourth-order valence-corrected chi connectivity index (χ4v) is 5.66. The molecule has 1 aliphatic rings. The second-order valence-electron chi connectivity index (χ2n) is 9.75. The molecule has 2 atom stereocenters. The predicted molar refractivity (Wildman–Crippen MR) is 167 cm³/mol. The van der Waals surface area contributed by atoms with Crippen molar-refractivity contribution in [3.8, 4) is 0 Å². The molecule has 0 radical (unpaired) electrons. The van der Waals surface area contributed by atoms with E-state index in [0.29, 0.717) is 18.4 Å². The van der Waals surface area contributed by atoms with Crippen LogP contribution in [0.15, 0.2) is 105 Å². The van der Waals surface area contributed by atoms with Crippen molar-refractivity contribution in [2.45, 2.75) is 79.6 Å². The van der Waals surface area contributed by atoms with Crippen molar-refractivity contribution in [3.05, 3.63) is 116 Å². The number of ether oxygens (including phenoxy) is 1. The zero-order chi connectivity index (χ0) is 28.9. The molecule has 39 heavy (non-hydrogen) atoms. The topological polar surface area (TPSA) is 43.4 Å². The van der Waals surface area contributed by atoms with E-state index in [4.69, 9.17) is 4.74 Å². The lowest BCUT2D eigenvalue weighted by Crippen LogP contribution is -2.27. The normalized spacial score (nSPS) is 16.5. The van der Waals surface area contributed by atoms with Gasteiger partial charge in [0.25, 0.3) is 0 Å². The summed E-state index contributed by atoms with van der Waals surface area (Å²) in [4.78, 5) is 27.4. The largest absolute Gasteiger partial charge is 0.462 e. The lowest BCUT2D eigenvalue weighted by molar-refractivity contribution is -0.139. The molecule has 0 amide bonds. The average Bonchev–Trinajstić information content (AvgIpc) is 2.93. The third-order valence-corrected chi connectivity index (χ3v) is 7.67. The molecule has 0 aliphatic heterocycles. The number of rotatable bonds is 9. The molecular formula is C35H43BrO3. The number of carbonyl (C=O) groups is 2. The zero-order valence-electron chi connectivity index (χ0n) is 24.5. The summed E-state index contributed by atoms with van der Waals surface area (Å²) < 4.78 is 6.69. The molecule has 0 fully saturated rings. The quantitative estimate of drug-likeness (QED) is 0.166. The van der Waals surface area contributed by atoms with Crippen molar-refractivity contribution in [2.24, 2.45) is 0 Å². The molecule has 3 rings (SSSR count). The van der Waals surface area contributed by atoms with E-state index in [1.54, 1.807) is 0 Å². The molecule has 2 aromatic rings. The van der Waals surface area contributed by atoms with Crippen LogP contribution in [0.4, 0.5) is 0 Å². The number of esters is 1. The molecule has 2 unspecified atom stereocenters. The Hall–Kier alpha value is -2.98. The highest BCUT2D eigenvalue weighted by atomic mass is 79.9. The summed E-state index contributed by atoms with van der Waals surface area (Å²) in [5, 5.41) is 0. The van der Waals surface area contributed by atoms with E-state index in [1.807, 2.05) is 109 Å². The first-order chi connectivity index (χ1) is 18.8. The first-order valence-corrected chi connectivity index (χ1v) is 14.7. The maximum absolute atomic E-state index is 13.8. The summed E-state index contributed by atoms with van der Waals surface area (Å²) in [5.41, 5.74) is 6.33. The second kappa shape index (κ2) is 16.2. The second-order valence-corrected chi connectivity index (χ2v) is 10.6. The number of Topliss-reactive ketones (excluding diaryl/α,β-unsaturated/α-hetero) is 1. The van der Waals surface area contributed by atoms with Crippen LogP contribution in [0.2, 0.25) is 0 Å². The highest BCUT2D eigenvalue weighted by molar-refractivity contribution is 9.10. The van der Waals surface area contributed by atoms with Crippen LogP contribution >= 0.6 is 15.9 Å². The summed E-state index contributed by atoms with van der Waals surface area (Å²) in [6.07, 6.45) is 7.88. The van der Waals surface area contributed by atoms with Gasteiger partial charge in [0.15, 0.2) is 5.78 Å². The summed E-state index contributed by atoms with van der Waals surface area (Å²) >= 11 is 3.69. The zero-order valence-corrected chi connectivity index (χ0v) is 26.1. The first-order valence-electron chi connectivity index (χ1n) is 13.9. The predicted octanol–water partition coefficient (Wildman–Crippen LogP) is 9.81. The smallest absolute Gasteiger partial charge is 0.334 e. The molecule has 208 valence electrons. The summed E-state index contributed by atoms with van der Waals surface area (Å²) in [7, 11) is 0. The first kappa shape index (κ1) is 32.2. The minimum Gasteiger partial charge on any atom is -0.462 e. The van der Waals surface area contributed by atoms with Crippen LogP contribution in [0.25, 0.3) is 0 Å². The van der Waals surface area contributed by atoms with Gasteiger partial charge in [-0.25, -0.2) is 4.79 Å². The molecule has 3 nitrogen and oxygen atoms in total. The Morgan fingerprint density at radius 1 is 1.03 bits per heavy atom. The lowest BCUT2D eigenvalue weighted by Gasteiger charge is -2.32. The van der Waals surface area contributed by atoms with Gasteiger partial charge in [-0.3, -0.25) is 4.79 Å². The lowest BCUT2D eigenvalue weighted by atomic mass is 9.71. The fraction of sp³-hybridized carbons (Fsp3) is 0.371. The van der Waals surface area contributed by atoms with Crippen LogP contribution in [0.5, 0.6) is 0 Å². The van der Waals surface area contributed by atoms with Crippen molar-refractivity contribution in [1.29, 1.82) is 0 Å². The monoisotopic (exact) mass is 590 g/mol. The van der Waals surface area contributed by atoms with Crippen molar-refractivity contribution < 1.29 is 14.3 Å². The summed E-state index contributed by atoms with van der Waals surface area (Å²) in [6, 6.07) is 18.1. The molecule has 0 heterocycles. The molecule has 4 heteroatoms. The van der Waals surface area contributed by atoms with Crippen LogP contribution in [0, 0.1) is 0 Å². The van der Waals surface area contributed by atoms with Crippen LogP contribution in [-0.2, 0) is 14.3 Å². The maximum atomic E-state index is 13.8. The van der Waals surface area contributed by atoms with Gasteiger partial charge in [0, 0.05) is 34.4 Å². The molecule has 1 aliphatic carbocycles. The van der Waals surface area contributed by atoms with E-state index in [-0.39, 0.29) is 24.3 Å². The van der Waals surface area contributed by atoms with E-state index < -0.39 is 5.92 Å². The Balaban J connectivity index is 0.00000260. The number of ketones is 1. The molecular weight excluding hydrogens is 548 g/mol. The molecule has 0 saturated heterocycles. The average molecular weight is 592 g/mol. The van der Waals surface area contributed by atoms with Crippen LogP contribution in [-0.4, -0.2) is 18.4 Å². The van der Waals surface area contributed by atoms with Gasteiger partial charge >= 0.3 is 5.97 Å². The van der Waals surface area contributed by atoms with E-state index in [9.17, 15) is 9.59 Å². The van der Waals surface area contributed by atoms with Crippen molar-refractivity contribution in [3.63, 3.8) is 0 Å². The van der Waals surface area contributed by atoms with Crippen molar-refractivity contribution in [2.75, 3.05) is 6.61 Å².